The first-order valence-corrected chi connectivity index (χ1v) is 11.9. The van der Waals surface area contributed by atoms with E-state index in [-0.39, 0.29) is 17.1 Å². The van der Waals surface area contributed by atoms with E-state index in [1.54, 1.807) is 29.2 Å². The van der Waals surface area contributed by atoms with Gasteiger partial charge in [-0.2, -0.15) is 0 Å². The van der Waals surface area contributed by atoms with Crippen LogP contribution in [0.15, 0.2) is 75.9 Å². The van der Waals surface area contributed by atoms with Gasteiger partial charge >= 0.3 is 0 Å². The lowest BCUT2D eigenvalue weighted by Crippen LogP contribution is -2.29. The Kier molecular flexibility index (Phi) is 4.74. The van der Waals surface area contributed by atoms with E-state index < -0.39 is 6.04 Å². The van der Waals surface area contributed by atoms with Gasteiger partial charge < -0.3 is 9.15 Å². The highest BCUT2D eigenvalue weighted by Gasteiger charge is 2.45. The number of hydrogen-bond donors (Lipinski definition) is 0. The van der Waals surface area contributed by atoms with E-state index in [2.05, 4.69) is 0 Å². The van der Waals surface area contributed by atoms with Gasteiger partial charge in [-0.05, 0) is 49.7 Å². The van der Waals surface area contributed by atoms with Crippen molar-refractivity contribution in [2.24, 2.45) is 0 Å². The standard InChI is InChI=1S/C27H20N2O4S/c1-3-32-17-12-13-19-21(14-17)34-27(28-19)29-23(16-10-8-15(2)9-11-16)22-24(30)18-6-4-5-7-20(18)33-25(22)26(29)31/h4-14,23H,3H2,1-2H3/t23-/m1/s1. The number of ether oxygens (including phenoxy) is 1. The molecule has 6 rings (SSSR count). The topological polar surface area (TPSA) is 72.6 Å². The summed E-state index contributed by atoms with van der Waals surface area (Å²) in [5.41, 5.74) is 3.23. The summed E-state index contributed by atoms with van der Waals surface area (Å²) in [7, 11) is 0. The average Bonchev–Trinajstić information content (AvgIpc) is 3.38. The molecule has 7 heteroatoms. The number of fused-ring (bicyclic) bond motifs is 3. The van der Waals surface area contributed by atoms with Gasteiger partial charge in [-0.1, -0.05) is 53.3 Å². The maximum atomic E-state index is 13.7. The van der Waals surface area contributed by atoms with Gasteiger partial charge in [0.1, 0.15) is 11.3 Å². The van der Waals surface area contributed by atoms with Crippen LogP contribution in [-0.2, 0) is 0 Å². The van der Waals surface area contributed by atoms with Crippen molar-refractivity contribution >= 4 is 43.6 Å². The largest absolute Gasteiger partial charge is 0.494 e. The van der Waals surface area contributed by atoms with Crippen LogP contribution in [0.2, 0.25) is 0 Å². The van der Waals surface area contributed by atoms with Crippen LogP contribution in [0.5, 0.6) is 5.75 Å². The summed E-state index contributed by atoms with van der Waals surface area (Å²) >= 11 is 1.39. The van der Waals surface area contributed by atoms with Crippen LogP contribution in [0.1, 0.15) is 40.2 Å². The van der Waals surface area contributed by atoms with Crippen molar-refractivity contribution in [3.63, 3.8) is 0 Å². The maximum absolute atomic E-state index is 13.7. The van der Waals surface area contributed by atoms with Gasteiger partial charge in [0.05, 0.1) is 33.8 Å². The van der Waals surface area contributed by atoms with Crippen molar-refractivity contribution in [3.05, 3.63) is 99.4 Å². The highest BCUT2D eigenvalue weighted by Crippen LogP contribution is 2.44. The fourth-order valence-electron chi connectivity index (χ4n) is 4.43. The molecule has 6 nitrogen and oxygen atoms in total. The van der Waals surface area contributed by atoms with E-state index in [1.807, 2.05) is 56.3 Å². The zero-order valence-corrected chi connectivity index (χ0v) is 19.4. The second-order valence-electron chi connectivity index (χ2n) is 8.22. The van der Waals surface area contributed by atoms with Gasteiger partial charge in [0.15, 0.2) is 10.6 Å². The number of aromatic nitrogens is 1. The number of rotatable bonds is 4. The summed E-state index contributed by atoms with van der Waals surface area (Å²) in [6, 6.07) is 19.9. The Morgan fingerprint density at radius 1 is 1.06 bits per heavy atom. The molecule has 0 saturated carbocycles. The zero-order valence-electron chi connectivity index (χ0n) is 18.6. The fraction of sp³-hybridized carbons (Fsp3) is 0.148. The van der Waals surface area contributed by atoms with E-state index in [9.17, 15) is 9.59 Å². The molecule has 3 heterocycles. The van der Waals surface area contributed by atoms with E-state index in [4.69, 9.17) is 14.1 Å². The first-order valence-electron chi connectivity index (χ1n) is 11.0. The van der Waals surface area contributed by atoms with E-state index in [1.165, 1.54) is 11.3 Å². The predicted molar refractivity (Wildman–Crippen MR) is 133 cm³/mol. The Labute approximate surface area is 199 Å². The summed E-state index contributed by atoms with van der Waals surface area (Å²) in [6.07, 6.45) is 0. The minimum Gasteiger partial charge on any atom is -0.494 e. The molecule has 0 fully saturated rings. The lowest BCUT2D eigenvalue weighted by atomic mass is 9.98. The summed E-state index contributed by atoms with van der Waals surface area (Å²) in [5, 5.41) is 0.966. The van der Waals surface area contributed by atoms with Gasteiger partial charge in [0, 0.05) is 0 Å². The Balaban J connectivity index is 1.58. The van der Waals surface area contributed by atoms with Crippen molar-refractivity contribution in [1.82, 2.24) is 4.98 Å². The third-order valence-corrected chi connectivity index (χ3v) is 7.05. The number of thiazole rings is 1. The molecule has 0 aliphatic carbocycles. The van der Waals surface area contributed by atoms with Crippen LogP contribution in [0.3, 0.4) is 0 Å². The summed E-state index contributed by atoms with van der Waals surface area (Å²) in [4.78, 5) is 33.7. The Morgan fingerprint density at radius 2 is 1.85 bits per heavy atom. The monoisotopic (exact) mass is 468 g/mol. The smallest absolute Gasteiger partial charge is 0.297 e. The number of amides is 1. The van der Waals surface area contributed by atoms with Gasteiger partial charge in [-0.15, -0.1) is 0 Å². The van der Waals surface area contributed by atoms with Gasteiger partial charge in [-0.25, -0.2) is 4.98 Å². The highest BCUT2D eigenvalue weighted by atomic mass is 32.1. The molecular formula is C27H20N2O4S. The molecule has 1 aliphatic heterocycles. The molecular weight excluding hydrogens is 448 g/mol. The van der Waals surface area contributed by atoms with E-state index >= 15 is 0 Å². The van der Waals surface area contributed by atoms with Crippen molar-refractivity contribution in [3.8, 4) is 5.75 Å². The predicted octanol–water partition coefficient (Wildman–Crippen LogP) is 5.86. The first-order chi connectivity index (χ1) is 16.5. The van der Waals surface area contributed by atoms with Gasteiger partial charge in [-0.3, -0.25) is 14.5 Å². The number of anilines is 1. The number of benzene rings is 3. The first kappa shape index (κ1) is 20.6. The van der Waals surface area contributed by atoms with Crippen molar-refractivity contribution in [2.45, 2.75) is 19.9 Å². The number of aryl methyl sites for hydroxylation is 1. The average molecular weight is 469 g/mol. The SMILES string of the molecule is CCOc1ccc2nc(N3C(=O)c4oc5ccccc5c(=O)c4[C@H]3c3ccc(C)cc3)sc2c1. The molecule has 1 atom stereocenters. The lowest BCUT2D eigenvalue weighted by Gasteiger charge is -2.22. The normalized spacial score (nSPS) is 15.3. The van der Waals surface area contributed by atoms with Gasteiger partial charge in [0.25, 0.3) is 5.91 Å². The van der Waals surface area contributed by atoms with Crippen LogP contribution in [0.4, 0.5) is 5.13 Å². The molecule has 0 N–H and O–H groups in total. The molecule has 34 heavy (non-hydrogen) atoms. The Morgan fingerprint density at radius 3 is 2.65 bits per heavy atom. The van der Waals surface area contributed by atoms with Gasteiger partial charge in [0.2, 0.25) is 5.76 Å². The summed E-state index contributed by atoms with van der Waals surface area (Å²) in [6.45, 7) is 4.50. The van der Waals surface area contributed by atoms with Crippen molar-refractivity contribution < 1.29 is 13.9 Å². The van der Waals surface area contributed by atoms with Crippen molar-refractivity contribution in [1.29, 1.82) is 0 Å². The number of hydrogen-bond acceptors (Lipinski definition) is 6. The molecule has 0 saturated heterocycles. The molecule has 0 bridgehead atoms. The lowest BCUT2D eigenvalue weighted by molar-refractivity contribution is 0.0971. The quantitative estimate of drug-likeness (QED) is 0.330. The number of nitrogens with zero attached hydrogens (tertiary/aromatic N) is 2. The molecule has 5 aromatic rings. The van der Waals surface area contributed by atoms with Crippen molar-refractivity contribution in [2.75, 3.05) is 11.5 Å². The molecule has 0 spiro atoms. The molecule has 1 aliphatic rings. The van der Waals surface area contributed by atoms with Crippen LogP contribution in [-0.4, -0.2) is 17.5 Å². The Hall–Kier alpha value is -3.97. The second kappa shape index (κ2) is 7.81. The Bertz CT molecular complexity index is 1630. The van der Waals surface area contributed by atoms with Crippen LogP contribution >= 0.6 is 11.3 Å². The molecule has 1 amide bonds. The molecule has 0 unspecified atom stereocenters. The van der Waals surface area contributed by atoms with Crippen LogP contribution in [0, 0.1) is 6.92 Å². The van der Waals surface area contributed by atoms with Crippen LogP contribution < -0.4 is 15.1 Å². The minimum atomic E-state index is -0.629. The number of carbonyl (C=O) groups is 1. The third kappa shape index (κ3) is 3.12. The number of para-hydroxylation sites is 1. The number of carbonyl (C=O) groups excluding carboxylic acids is 1. The highest BCUT2D eigenvalue weighted by molar-refractivity contribution is 7.22. The maximum Gasteiger partial charge on any atom is 0.297 e. The summed E-state index contributed by atoms with van der Waals surface area (Å²) < 4.78 is 12.5. The summed E-state index contributed by atoms with van der Waals surface area (Å²) in [5.74, 6) is 0.454. The molecule has 0 radical (unpaired) electrons. The molecule has 2 aromatic heterocycles. The zero-order chi connectivity index (χ0) is 23.4. The second-order valence-corrected chi connectivity index (χ2v) is 9.23. The van der Waals surface area contributed by atoms with Crippen LogP contribution in [0.25, 0.3) is 21.2 Å². The molecule has 168 valence electrons. The molecule has 3 aromatic carbocycles. The van der Waals surface area contributed by atoms with E-state index in [0.29, 0.717) is 28.3 Å². The van der Waals surface area contributed by atoms with E-state index in [0.717, 1.165) is 27.1 Å². The minimum absolute atomic E-state index is 0.0727. The fourth-order valence-corrected chi connectivity index (χ4v) is 5.45. The third-order valence-electron chi connectivity index (χ3n) is 6.04.